The van der Waals surface area contributed by atoms with Gasteiger partial charge in [0.15, 0.2) is 0 Å². The van der Waals surface area contributed by atoms with Gasteiger partial charge in [0.1, 0.15) is 5.75 Å². The van der Waals surface area contributed by atoms with E-state index in [0.29, 0.717) is 22.8 Å². The van der Waals surface area contributed by atoms with E-state index in [9.17, 15) is 15.1 Å². The molecule has 9 heteroatoms. The van der Waals surface area contributed by atoms with Crippen molar-refractivity contribution in [1.29, 1.82) is 0 Å². The molecule has 1 fully saturated rings. The fourth-order valence-corrected chi connectivity index (χ4v) is 3.83. The predicted molar refractivity (Wildman–Crippen MR) is 111 cm³/mol. The highest BCUT2D eigenvalue weighted by Gasteiger charge is 2.23. The Labute approximate surface area is 173 Å². The molecule has 4 rings (SSSR count). The standard InChI is InChI=1S/C21H25N5O4/c1-2-30-19-11-16-13(12-25(24-16)14-6-8-15(27)9-7-14)10-17(19)23-21(28)18-4-3-5-20(22)26(18)29/h3-5,10-12,14-15,22,27,29H,2,6-9H2,1H3,(H,23,28)/p+1/t14-,15-. The molecular weight excluding hydrogens is 386 g/mol. The first-order valence-corrected chi connectivity index (χ1v) is 10.1. The molecule has 2 aromatic heterocycles. The van der Waals surface area contributed by atoms with E-state index < -0.39 is 5.91 Å². The number of hydrogen-bond donors (Lipinski definition) is 4. The molecule has 0 radical (unpaired) electrons. The van der Waals surface area contributed by atoms with Crippen molar-refractivity contribution in [2.24, 2.45) is 0 Å². The van der Waals surface area contributed by atoms with Gasteiger partial charge in [-0.05, 0) is 55.5 Å². The number of nitrogens with two attached hydrogens (primary N) is 1. The highest BCUT2D eigenvalue weighted by atomic mass is 16.5. The van der Waals surface area contributed by atoms with E-state index in [-0.39, 0.29) is 23.7 Å². The topological polar surface area (TPSA) is 127 Å². The first-order chi connectivity index (χ1) is 14.5. The maximum absolute atomic E-state index is 12.7. The first kappa shape index (κ1) is 20.0. The molecule has 0 unspecified atom stereocenters. The summed E-state index contributed by atoms with van der Waals surface area (Å²) in [5.74, 6) is 0.0387. The van der Waals surface area contributed by atoms with Crippen LogP contribution in [0, 0.1) is 0 Å². The van der Waals surface area contributed by atoms with Crippen molar-refractivity contribution in [1.82, 2.24) is 9.78 Å². The smallest absolute Gasteiger partial charge is 0.312 e. The molecular formula is C21H26N5O4+. The van der Waals surface area contributed by atoms with Crippen LogP contribution in [0.1, 0.15) is 49.1 Å². The van der Waals surface area contributed by atoms with Crippen LogP contribution in [0.25, 0.3) is 10.9 Å². The van der Waals surface area contributed by atoms with E-state index >= 15 is 0 Å². The van der Waals surface area contributed by atoms with Gasteiger partial charge >= 0.3 is 5.82 Å². The number of nitrogen functional groups attached to an aromatic ring is 1. The molecule has 0 aliphatic heterocycles. The van der Waals surface area contributed by atoms with Crippen LogP contribution in [0.4, 0.5) is 11.5 Å². The van der Waals surface area contributed by atoms with Crippen LogP contribution in [0.5, 0.6) is 5.75 Å². The molecule has 0 spiro atoms. The van der Waals surface area contributed by atoms with E-state index in [0.717, 1.165) is 36.6 Å². The van der Waals surface area contributed by atoms with Gasteiger partial charge in [-0.2, -0.15) is 5.10 Å². The van der Waals surface area contributed by atoms with E-state index in [1.807, 2.05) is 23.9 Å². The van der Waals surface area contributed by atoms with Crippen molar-refractivity contribution in [3.05, 3.63) is 42.2 Å². The molecule has 0 atom stereocenters. The van der Waals surface area contributed by atoms with E-state index in [1.165, 1.54) is 12.1 Å². The van der Waals surface area contributed by atoms with Crippen molar-refractivity contribution in [3.63, 3.8) is 0 Å². The number of nitrogens with zero attached hydrogens (tertiary/aromatic N) is 3. The number of anilines is 2. The molecule has 9 nitrogen and oxygen atoms in total. The van der Waals surface area contributed by atoms with E-state index in [1.54, 1.807) is 12.1 Å². The van der Waals surface area contributed by atoms with Crippen LogP contribution in [0.3, 0.4) is 0 Å². The maximum atomic E-state index is 12.7. The molecule has 3 aromatic rings. The molecule has 1 aliphatic rings. The number of aromatic nitrogens is 3. The third kappa shape index (κ3) is 3.88. The summed E-state index contributed by atoms with van der Waals surface area (Å²) < 4.78 is 8.30. The number of carbonyl (C=O) groups excluding carboxylic acids is 1. The fraction of sp³-hybridized carbons (Fsp3) is 0.381. The maximum Gasteiger partial charge on any atom is 0.312 e. The summed E-state index contributed by atoms with van der Waals surface area (Å²) in [5, 5.41) is 28.1. The molecule has 1 saturated carbocycles. The minimum atomic E-state index is -0.515. The summed E-state index contributed by atoms with van der Waals surface area (Å²) in [5.41, 5.74) is 6.93. The molecule has 2 heterocycles. The summed E-state index contributed by atoms with van der Waals surface area (Å²) >= 11 is 0. The van der Waals surface area contributed by atoms with Crippen LogP contribution in [-0.4, -0.2) is 38.7 Å². The second-order valence-corrected chi connectivity index (χ2v) is 7.51. The Kier molecular flexibility index (Phi) is 5.45. The number of fused-ring (bicyclic) bond motifs is 1. The fourth-order valence-electron chi connectivity index (χ4n) is 3.83. The van der Waals surface area contributed by atoms with Gasteiger partial charge in [0.2, 0.25) is 5.69 Å². The van der Waals surface area contributed by atoms with Crippen LogP contribution in [0.2, 0.25) is 0 Å². The lowest BCUT2D eigenvalue weighted by atomic mass is 9.93. The number of rotatable bonds is 5. The number of hydrogen-bond acceptors (Lipinski definition) is 6. The lowest BCUT2D eigenvalue weighted by Gasteiger charge is -2.25. The zero-order chi connectivity index (χ0) is 21.3. The Morgan fingerprint density at radius 2 is 2.10 bits per heavy atom. The lowest BCUT2D eigenvalue weighted by Crippen LogP contribution is -2.42. The van der Waals surface area contributed by atoms with Gasteiger partial charge in [0.25, 0.3) is 5.91 Å². The second kappa shape index (κ2) is 8.19. The van der Waals surface area contributed by atoms with Gasteiger partial charge in [0, 0.05) is 23.7 Å². The number of aliphatic hydroxyl groups is 1. The number of pyridine rings is 1. The van der Waals surface area contributed by atoms with Crippen LogP contribution in [0.15, 0.2) is 36.5 Å². The summed E-state index contributed by atoms with van der Waals surface area (Å²) in [6.45, 7) is 2.29. The summed E-state index contributed by atoms with van der Waals surface area (Å²) in [7, 11) is 0. The van der Waals surface area contributed by atoms with Crippen molar-refractivity contribution < 1.29 is 24.6 Å². The molecule has 1 amide bonds. The largest absolute Gasteiger partial charge is 0.492 e. The summed E-state index contributed by atoms with van der Waals surface area (Å²) in [6, 6.07) is 8.42. The SMILES string of the molecule is CCOc1cc2nn([C@H]3CC[C@H](O)CC3)cc2cc1NC(=O)c1cccc(N)[n+]1O. The molecule has 158 valence electrons. The molecule has 0 bridgehead atoms. The van der Waals surface area contributed by atoms with Crippen molar-refractivity contribution in [2.45, 2.75) is 44.8 Å². The Balaban J connectivity index is 1.65. The highest BCUT2D eigenvalue weighted by molar-refractivity contribution is 6.04. The minimum Gasteiger partial charge on any atom is -0.492 e. The Bertz CT molecular complexity index is 1070. The number of nitrogens with one attached hydrogen (secondary N) is 1. The Hall–Kier alpha value is -3.33. The number of amides is 1. The molecule has 5 N–H and O–H groups in total. The number of aliphatic hydroxyl groups excluding tert-OH is 1. The van der Waals surface area contributed by atoms with Gasteiger partial charge in [-0.25, -0.2) is 0 Å². The Morgan fingerprint density at radius 3 is 2.83 bits per heavy atom. The number of carbonyl (C=O) groups is 1. The normalized spacial score (nSPS) is 19.0. The molecule has 1 aliphatic carbocycles. The third-order valence-corrected chi connectivity index (χ3v) is 5.44. The van der Waals surface area contributed by atoms with E-state index in [2.05, 4.69) is 5.32 Å². The molecule has 1 aromatic carbocycles. The lowest BCUT2D eigenvalue weighted by molar-refractivity contribution is -0.894. The first-order valence-electron chi connectivity index (χ1n) is 10.1. The summed E-state index contributed by atoms with van der Waals surface area (Å²) in [4.78, 5) is 12.7. The van der Waals surface area contributed by atoms with Crippen LogP contribution >= 0.6 is 0 Å². The van der Waals surface area contributed by atoms with Gasteiger partial charge in [0.05, 0.1) is 30.0 Å². The number of benzene rings is 1. The van der Waals surface area contributed by atoms with E-state index in [4.69, 9.17) is 15.6 Å². The zero-order valence-corrected chi connectivity index (χ0v) is 16.8. The average molecular weight is 412 g/mol. The minimum absolute atomic E-state index is 0.00834. The van der Waals surface area contributed by atoms with Gasteiger partial charge in [-0.3, -0.25) is 15.2 Å². The van der Waals surface area contributed by atoms with Crippen molar-refractivity contribution >= 4 is 28.3 Å². The second-order valence-electron chi connectivity index (χ2n) is 7.51. The highest BCUT2D eigenvalue weighted by Crippen LogP contribution is 2.33. The van der Waals surface area contributed by atoms with Gasteiger partial charge in [-0.15, -0.1) is 0 Å². The van der Waals surface area contributed by atoms with Crippen molar-refractivity contribution in [2.75, 3.05) is 17.7 Å². The van der Waals surface area contributed by atoms with Gasteiger partial charge < -0.3 is 20.4 Å². The van der Waals surface area contributed by atoms with Gasteiger partial charge in [-0.1, -0.05) is 0 Å². The quantitative estimate of drug-likeness (QED) is 0.376. The van der Waals surface area contributed by atoms with Crippen LogP contribution in [-0.2, 0) is 0 Å². The Morgan fingerprint density at radius 1 is 1.33 bits per heavy atom. The summed E-state index contributed by atoms with van der Waals surface area (Å²) in [6.07, 6.45) is 5.03. The number of ether oxygens (including phenoxy) is 1. The average Bonchev–Trinajstić information content (AvgIpc) is 3.13. The van der Waals surface area contributed by atoms with Crippen LogP contribution < -0.4 is 20.5 Å². The zero-order valence-electron chi connectivity index (χ0n) is 16.8. The monoisotopic (exact) mass is 412 g/mol. The predicted octanol–water partition coefficient (Wildman–Crippen LogP) is 2.27. The van der Waals surface area contributed by atoms with Crippen molar-refractivity contribution in [3.8, 4) is 5.75 Å². The molecule has 30 heavy (non-hydrogen) atoms. The molecule has 0 saturated heterocycles. The third-order valence-electron chi connectivity index (χ3n) is 5.44.